The van der Waals surface area contributed by atoms with Crippen molar-refractivity contribution in [2.45, 2.75) is 0 Å². The Balaban J connectivity index is 2.97. The fourth-order valence-corrected chi connectivity index (χ4v) is 0.999. The van der Waals surface area contributed by atoms with E-state index in [-0.39, 0.29) is 11.5 Å². The van der Waals surface area contributed by atoms with Crippen molar-refractivity contribution in [3.8, 4) is 6.07 Å². The van der Waals surface area contributed by atoms with Crippen molar-refractivity contribution in [2.75, 3.05) is 7.05 Å². The van der Waals surface area contributed by atoms with Crippen LogP contribution in [0.5, 0.6) is 0 Å². The maximum absolute atomic E-state index is 11.1. The highest BCUT2D eigenvalue weighted by Gasteiger charge is 2.04. The highest BCUT2D eigenvalue weighted by Crippen LogP contribution is 2.05. The molecular formula is C11H10N2O. The second kappa shape index (κ2) is 4.83. The zero-order valence-corrected chi connectivity index (χ0v) is 7.82. The predicted molar refractivity (Wildman–Crippen MR) is 54.1 cm³/mol. The van der Waals surface area contributed by atoms with E-state index in [0.717, 1.165) is 5.56 Å². The van der Waals surface area contributed by atoms with Gasteiger partial charge in [-0.2, -0.15) is 5.26 Å². The van der Waals surface area contributed by atoms with Gasteiger partial charge in [-0.1, -0.05) is 30.3 Å². The van der Waals surface area contributed by atoms with Crippen LogP contribution in [0.3, 0.4) is 0 Å². The third kappa shape index (κ3) is 2.46. The van der Waals surface area contributed by atoms with Gasteiger partial charge in [0.2, 0.25) is 0 Å². The van der Waals surface area contributed by atoms with Gasteiger partial charge in [0.05, 0.1) is 0 Å². The lowest BCUT2D eigenvalue weighted by molar-refractivity contribution is -0.116. The molecule has 0 aromatic heterocycles. The van der Waals surface area contributed by atoms with E-state index in [1.54, 1.807) is 6.08 Å². The summed E-state index contributed by atoms with van der Waals surface area (Å²) in [7, 11) is 1.50. The van der Waals surface area contributed by atoms with Crippen molar-refractivity contribution >= 4 is 12.0 Å². The monoisotopic (exact) mass is 186 g/mol. The molecule has 1 aromatic carbocycles. The number of likely N-dealkylation sites (N-methyl/N-ethyl adjacent to an activating group) is 1. The number of carbonyl (C=O) groups excluding carboxylic acids is 1. The van der Waals surface area contributed by atoms with Gasteiger partial charge >= 0.3 is 0 Å². The molecule has 0 atom stereocenters. The Kier molecular flexibility index (Phi) is 3.45. The molecule has 0 heterocycles. The summed E-state index contributed by atoms with van der Waals surface area (Å²) >= 11 is 0. The van der Waals surface area contributed by atoms with Gasteiger partial charge in [0.1, 0.15) is 11.6 Å². The first-order valence-corrected chi connectivity index (χ1v) is 4.17. The van der Waals surface area contributed by atoms with Crippen LogP contribution >= 0.6 is 0 Å². The molecule has 0 bridgehead atoms. The molecule has 14 heavy (non-hydrogen) atoms. The summed E-state index contributed by atoms with van der Waals surface area (Å²) in [6, 6.07) is 11.1. The second-order valence-corrected chi connectivity index (χ2v) is 2.66. The number of rotatable bonds is 2. The second-order valence-electron chi connectivity index (χ2n) is 2.66. The first-order chi connectivity index (χ1) is 6.77. The van der Waals surface area contributed by atoms with E-state index in [2.05, 4.69) is 5.32 Å². The van der Waals surface area contributed by atoms with Gasteiger partial charge in [0, 0.05) is 7.05 Å². The quantitative estimate of drug-likeness (QED) is 0.559. The van der Waals surface area contributed by atoms with Crippen LogP contribution in [0.2, 0.25) is 0 Å². The topological polar surface area (TPSA) is 52.9 Å². The molecule has 3 heteroatoms. The third-order valence-corrected chi connectivity index (χ3v) is 1.70. The van der Waals surface area contributed by atoms with E-state index in [4.69, 9.17) is 5.26 Å². The minimum atomic E-state index is -0.364. The molecule has 0 saturated heterocycles. The van der Waals surface area contributed by atoms with Crippen LogP contribution in [0.1, 0.15) is 5.56 Å². The molecule has 3 nitrogen and oxygen atoms in total. The molecule has 1 N–H and O–H groups in total. The molecule has 0 unspecified atom stereocenters. The Morgan fingerprint density at radius 2 is 2.07 bits per heavy atom. The number of nitriles is 1. The van der Waals surface area contributed by atoms with E-state index in [9.17, 15) is 4.79 Å². The van der Waals surface area contributed by atoms with Gasteiger partial charge in [0.15, 0.2) is 0 Å². The first kappa shape index (κ1) is 10.0. The van der Waals surface area contributed by atoms with Crippen LogP contribution in [0.15, 0.2) is 35.9 Å². The summed E-state index contributed by atoms with van der Waals surface area (Å²) in [5.41, 5.74) is 0.950. The Hall–Kier alpha value is -2.08. The molecule has 0 aliphatic rings. The van der Waals surface area contributed by atoms with Crippen LogP contribution in [0.25, 0.3) is 6.08 Å². The lowest BCUT2D eigenvalue weighted by Crippen LogP contribution is -2.19. The molecule has 1 amide bonds. The zero-order valence-electron chi connectivity index (χ0n) is 7.82. The normalized spacial score (nSPS) is 10.4. The van der Waals surface area contributed by atoms with Gasteiger partial charge < -0.3 is 5.32 Å². The van der Waals surface area contributed by atoms with Gasteiger partial charge in [0.25, 0.3) is 5.91 Å². The van der Waals surface area contributed by atoms with E-state index in [1.165, 1.54) is 7.05 Å². The van der Waals surface area contributed by atoms with Crippen LogP contribution in [0.4, 0.5) is 0 Å². The van der Waals surface area contributed by atoms with Crippen LogP contribution in [-0.4, -0.2) is 13.0 Å². The average Bonchev–Trinajstić information content (AvgIpc) is 2.26. The molecule has 0 spiro atoms. The van der Waals surface area contributed by atoms with E-state index in [1.807, 2.05) is 36.4 Å². The number of nitrogens with zero attached hydrogens (tertiary/aromatic N) is 1. The summed E-state index contributed by atoms with van der Waals surface area (Å²) < 4.78 is 0. The minimum Gasteiger partial charge on any atom is -0.354 e. The number of benzene rings is 1. The van der Waals surface area contributed by atoms with Crippen molar-refractivity contribution in [3.05, 3.63) is 41.5 Å². The van der Waals surface area contributed by atoms with Crippen molar-refractivity contribution in [1.29, 1.82) is 5.26 Å². The van der Waals surface area contributed by atoms with Crippen molar-refractivity contribution in [1.82, 2.24) is 5.32 Å². The fraction of sp³-hybridized carbons (Fsp3) is 0.0909. The highest BCUT2D eigenvalue weighted by atomic mass is 16.1. The fourth-order valence-electron chi connectivity index (χ4n) is 0.999. The lowest BCUT2D eigenvalue weighted by Gasteiger charge is -1.96. The van der Waals surface area contributed by atoms with Gasteiger partial charge in [-0.3, -0.25) is 4.79 Å². The molecule has 0 aliphatic heterocycles. The summed E-state index contributed by atoms with van der Waals surface area (Å²) in [6.07, 6.45) is 1.55. The number of carbonyl (C=O) groups is 1. The molecule has 1 rings (SSSR count). The van der Waals surface area contributed by atoms with E-state index < -0.39 is 0 Å². The standard InChI is InChI=1S/C11H10N2O/c1-13-11(14)10(8-12)7-9-5-3-2-4-6-9/h2-7H,1H3,(H,13,14). The van der Waals surface area contributed by atoms with Crippen LogP contribution in [-0.2, 0) is 4.79 Å². The molecule has 0 radical (unpaired) electrons. The molecule has 0 aliphatic carbocycles. The highest BCUT2D eigenvalue weighted by molar-refractivity contribution is 6.01. The van der Waals surface area contributed by atoms with Crippen molar-refractivity contribution in [3.63, 3.8) is 0 Å². The molecular weight excluding hydrogens is 176 g/mol. The summed E-state index contributed by atoms with van der Waals surface area (Å²) in [4.78, 5) is 11.1. The maximum atomic E-state index is 11.1. The zero-order chi connectivity index (χ0) is 10.4. The van der Waals surface area contributed by atoms with E-state index >= 15 is 0 Å². The molecule has 1 aromatic rings. The Labute approximate surface area is 82.7 Å². The van der Waals surface area contributed by atoms with Crippen LogP contribution in [0, 0.1) is 11.3 Å². The largest absolute Gasteiger partial charge is 0.354 e. The maximum Gasteiger partial charge on any atom is 0.261 e. The summed E-state index contributed by atoms with van der Waals surface area (Å²) in [5.74, 6) is -0.364. The Bertz CT molecular complexity index is 387. The van der Waals surface area contributed by atoms with Crippen molar-refractivity contribution in [2.24, 2.45) is 0 Å². The van der Waals surface area contributed by atoms with Gasteiger partial charge in [-0.25, -0.2) is 0 Å². The SMILES string of the molecule is CNC(=O)C(C#N)=Cc1ccccc1. The lowest BCUT2D eigenvalue weighted by atomic mass is 10.1. The third-order valence-electron chi connectivity index (χ3n) is 1.70. The summed E-state index contributed by atoms with van der Waals surface area (Å²) in [5, 5.41) is 11.1. The summed E-state index contributed by atoms with van der Waals surface area (Å²) in [6.45, 7) is 0. The molecule has 0 saturated carbocycles. The van der Waals surface area contributed by atoms with Gasteiger partial charge in [-0.15, -0.1) is 0 Å². The number of hydrogen-bond acceptors (Lipinski definition) is 2. The number of hydrogen-bond donors (Lipinski definition) is 1. The molecule has 70 valence electrons. The predicted octanol–water partition coefficient (Wildman–Crippen LogP) is 1.34. The Morgan fingerprint density at radius 3 is 2.57 bits per heavy atom. The van der Waals surface area contributed by atoms with Crippen LogP contribution < -0.4 is 5.32 Å². The smallest absolute Gasteiger partial charge is 0.261 e. The number of nitrogens with one attached hydrogen (secondary N) is 1. The minimum absolute atomic E-state index is 0.110. The van der Waals surface area contributed by atoms with Crippen molar-refractivity contribution < 1.29 is 4.79 Å². The van der Waals surface area contributed by atoms with E-state index in [0.29, 0.717) is 0 Å². The Morgan fingerprint density at radius 1 is 1.43 bits per heavy atom. The van der Waals surface area contributed by atoms with Gasteiger partial charge in [-0.05, 0) is 11.6 Å². The molecule has 0 fully saturated rings. The first-order valence-electron chi connectivity index (χ1n) is 4.17. The number of amides is 1. The average molecular weight is 186 g/mol.